The summed E-state index contributed by atoms with van der Waals surface area (Å²) in [4.78, 5) is 0.308. The van der Waals surface area contributed by atoms with E-state index in [0.717, 1.165) is 19.3 Å². The van der Waals surface area contributed by atoms with Gasteiger partial charge in [-0.2, -0.15) is 16.9 Å². The van der Waals surface area contributed by atoms with Crippen LogP contribution in [-0.2, 0) is 10.0 Å². The molecule has 0 aliphatic heterocycles. The molecule has 0 heterocycles. The summed E-state index contributed by atoms with van der Waals surface area (Å²) in [7, 11) is -3.52. The number of thiol groups is 1. The van der Waals surface area contributed by atoms with Gasteiger partial charge in [0.1, 0.15) is 5.75 Å². The molecule has 1 atom stereocenters. The van der Waals surface area contributed by atoms with Crippen LogP contribution in [0.1, 0.15) is 47.0 Å². The molecule has 0 aliphatic rings. The molecule has 0 spiro atoms. The Kier molecular flexibility index (Phi) is 9.16. The van der Waals surface area contributed by atoms with Crippen molar-refractivity contribution in [2.24, 2.45) is 5.92 Å². The average Bonchev–Trinajstić information content (AvgIpc) is 2.55. The fraction of sp³-hybridized carbons (Fsp3) is 0.667. The predicted molar refractivity (Wildman–Crippen MR) is 104 cm³/mol. The summed E-state index contributed by atoms with van der Waals surface area (Å²) >= 11 is 4.28. The van der Waals surface area contributed by atoms with Crippen molar-refractivity contribution >= 4 is 22.7 Å². The van der Waals surface area contributed by atoms with Crippen molar-refractivity contribution in [3.05, 3.63) is 24.3 Å². The number of benzene rings is 1. The molecule has 0 saturated carbocycles. The lowest BCUT2D eigenvalue weighted by Crippen LogP contribution is -2.40. The molecular formula is C18H31NO3S2. The maximum Gasteiger partial charge on any atom is 0.243 e. The number of ether oxygens (including phenoxy) is 1. The van der Waals surface area contributed by atoms with Gasteiger partial charge in [-0.3, -0.25) is 0 Å². The van der Waals surface area contributed by atoms with Gasteiger partial charge in [-0.05, 0) is 49.9 Å². The van der Waals surface area contributed by atoms with Crippen LogP contribution in [0, 0.1) is 5.92 Å². The molecule has 24 heavy (non-hydrogen) atoms. The van der Waals surface area contributed by atoms with Gasteiger partial charge in [0.05, 0.1) is 11.5 Å². The smallest absolute Gasteiger partial charge is 0.243 e. The number of nitrogens with zero attached hydrogens (tertiary/aromatic N) is 1. The molecule has 138 valence electrons. The third-order valence-electron chi connectivity index (χ3n) is 3.88. The Hall–Kier alpha value is -0.720. The van der Waals surface area contributed by atoms with E-state index >= 15 is 0 Å². The lowest BCUT2D eigenvalue weighted by Gasteiger charge is -2.28. The lowest BCUT2D eigenvalue weighted by molar-refractivity contribution is 0.309. The number of unbranched alkanes of at least 4 members (excludes halogenated alkanes) is 1. The molecule has 0 bridgehead atoms. The second-order valence-electron chi connectivity index (χ2n) is 6.50. The quantitative estimate of drug-likeness (QED) is 0.467. The van der Waals surface area contributed by atoms with Crippen molar-refractivity contribution in [3.8, 4) is 5.75 Å². The highest BCUT2D eigenvalue weighted by Crippen LogP contribution is 2.23. The molecule has 0 amide bonds. The van der Waals surface area contributed by atoms with Crippen LogP contribution in [0.25, 0.3) is 0 Å². The summed E-state index contributed by atoms with van der Waals surface area (Å²) in [5, 5.41) is 0. The van der Waals surface area contributed by atoms with E-state index < -0.39 is 10.0 Å². The van der Waals surface area contributed by atoms with Crippen molar-refractivity contribution in [2.75, 3.05) is 18.9 Å². The van der Waals surface area contributed by atoms with Crippen LogP contribution in [-0.4, -0.2) is 37.7 Å². The summed E-state index contributed by atoms with van der Waals surface area (Å²) in [6, 6.07) is 6.58. The van der Waals surface area contributed by atoms with Crippen LogP contribution in [0.15, 0.2) is 29.2 Å². The molecule has 4 nitrogen and oxygen atoms in total. The molecule has 0 fully saturated rings. The summed E-state index contributed by atoms with van der Waals surface area (Å²) < 4.78 is 33.1. The Labute approximate surface area is 153 Å². The predicted octanol–water partition coefficient (Wildman–Crippen LogP) is 4.22. The third kappa shape index (κ3) is 6.30. The van der Waals surface area contributed by atoms with Gasteiger partial charge >= 0.3 is 0 Å². The molecule has 0 radical (unpaired) electrons. The monoisotopic (exact) mass is 373 g/mol. The Morgan fingerprint density at radius 3 is 2.29 bits per heavy atom. The van der Waals surface area contributed by atoms with Crippen LogP contribution in [0.2, 0.25) is 0 Å². The van der Waals surface area contributed by atoms with Gasteiger partial charge in [-0.1, -0.05) is 27.2 Å². The van der Waals surface area contributed by atoms with Gasteiger partial charge in [-0.15, -0.1) is 0 Å². The van der Waals surface area contributed by atoms with E-state index in [1.165, 1.54) is 0 Å². The first kappa shape index (κ1) is 21.3. The fourth-order valence-corrected chi connectivity index (χ4v) is 4.18. The summed E-state index contributed by atoms with van der Waals surface area (Å²) in [6.45, 7) is 9.36. The maximum absolute atomic E-state index is 13.0. The normalized spacial score (nSPS) is 13.5. The van der Waals surface area contributed by atoms with Gasteiger partial charge in [0.25, 0.3) is 0 Å². The SMILES string of the molecule is CCCCOc1ccc(S(=O)(=O)N(CCC(C)C)C(C)CS)cc1. The van der Waals surface area contributed by atoms with Crippen LogP contribution < -0.4 is 4.74 Å². The zero-order chi connectivity index (χ0) is 18.2. The van der Waals surface area contributed by atoms with Crippen molar-refractivity contribution in [1.82, 2.24) is 4.31 Å². The number of hydrogen-bond acceptors (Lipinski definition) is 4. The molecule has 0 aromatic heterocycles. The van der Waals surface area contributed by atoms with Crippen LogP contribution in [0.5, 0.6) is 5.75 Å². The van der Waals surface area contributed by atoms with E-state index in [1.807, 2.05) is 6.92 Å². The highest BCUT2D eigenvalue weighted by molar-refractivity contribution is 7.89. The summed E-state index contributed by atoms with van der Waals surface area (Å²) in [6.07, 6.45) is 2.89. The molecule has 0 saturated heterocycles. The molecule has 1 aromatic rings. The molecule has 0 aliphatic carbocycles. The molecule has 1 aromatic carbocycles. The molecule has 1 rings (SSSR count). The van der Waals surface area contributed by atoms with Crippen molar-refractivity contribution < 1.29 is 13.2 Å². The van der Waals surface area contributed by atoms with Gasteiger partial charge < -0.3 is 4.74 Å². The first-order valence-electron chi connectivity index (χ1n) is 8.68. The van der Waals surface area contributed by atoms with Crippen LogP contribution in [0.4, 0.5) is 0 Å². The maximum atomic E-state index is 13.0. The topological polar surface area (TPSA) is 46.6 Å². The highest BCUT2D eigenvalue weighted by atomic mass is 32.2. The minimum atomic E-state index is -3.52. The van der Waals surface area contributed by atoms with E-state index in [0.29, 0.717) is 35.5 Å². The van der Waals surface area contributed by atoms with Gasteiger partial charge in [0.2, 0.25) is 10.0 Å². The first-order chi connectivity index (χ1) is 11.3. The minimum Gasteiger partial charge on any atom is -0.494 e. The first-order valence-corrected chi connectivity index (χ1v) is 10.8. The lowest BCUT2D eigenvalue weighted by atomic mass is 10.1. The zero-order valence-electron chi connectivity index (χ0n) is 15.2. The van der Waals surface area contributed by atoms with E-state index in [9.17, 15) is 8.42 Å². The summed E-state index contributed by atoms with van der Waals surface area (Å²) in [5.74, 6) is 1.65. The standard InChI is InChI=1S/C18H31NO3S2/c1-5-6-13-22-17-7-9-18(10-8-17)24(20,21)19(16(4)14-23)12-11-15(2)3/h7-10,15-16,23H,5-6,11-14H2,1-4H3. The summed E-state index contributed by atoms with van der Waals surface area (Å²) in [5.41, 5.74) is 0. The number of hydrogen-bond donors (Lipinski definition) is 1. The Morgan fingerprint density at radius 1 is 1.17 bits per heavy atom. The van der Waals surface area contributed by atoms with E-state index in [1.54, 1.807) is 28.6 Å². The van der Waals surface area contributed by atoms with Crippen molar-refractivity contribution in [2.45, 2.75) is 57.9 Å². The minimum absolute atomic E-state index is 0.141. The second-order valence-corrected chi connectivity index (χ2v) is 8.76. The largest absolute Gasteiger partial charge is 0.494 e. The van der Waals surface area contributed by atoms with E-state index in [-0.39, 0.29) is 6.04 Å². The third-order valence-corrected chi connectivity index (χ3v) is 6.44. The van der Waals surface area contributed by atoms with Crippen molar-refractivity contribution in [1.29, 1.82) is 0 Å². The molecular weight excluding hydrogens is 342 g/mol. The molecule has 0 N–H and O–H groups in total. The fourth-order valence-electron chi connectivity index (χ4n) is 2.23. The molecule has 1 unspecified atom stereocenters. The van der Waals surface area contributed by atoms with Crippen molar-refractivity contribution in [3.63, 3.8) is 0 Å². The van der Waals surface area contributed by atoms with E-state index in [2.05, 4.69) is 33.4 Å². The van der Waals surface area contributed by atoms with Gasteiger partial charge in [-0.25, -0.2) is 8.42 Å². The Balaban J connectivity index is 2.93. The highest BCUT2D eigenvalue weighted by Gasteiger charge is 2.28. The van der Waals surface area contributed by atoms with Gasteiger partial charge in [0, 0.05) is 18.3 Å². The Morgan fingerprint density at radius 2 is 1.79 bits per heavy atom. The average molecular weight is 374 g/mol. The second kappa shape index (κ2) is 10.3. The van der Waals surface area contributed by atoms with Crippen LogP contribution in [0.3, 0.4) is 0 Å². The van der Waals surface area contributed by atoms with Crippen LogP contribution >= 0.6 is 12.6 Å². The van der Waals surface area contributed by atoms with E-state index in [4.69, 9.17) is 4.74 Å². The number of sulfonamides is 1. The molecule has 6 heteroatoms. The zero-order valence-corrected chi connectivity index (χ0v) is 16.9. The Bertz CT molecular complexity index is 570. The van der Waals surface area contributed by atoms with Gasteiger partial charge in [0.15, 0.2) is 0 Å². The number of rotatable bonds is 11.